The van der Waals surface area contributed by atoms with Gasteiger partial charge in [-0.2, -0.15) is 0 Å². The van der Waals surface area contributed by atoms with Crippen LogP contribution >= 0.6 is 0 Å². The summed E-state index contributed by atoms with van der Waals surface area (Å²) in [5, 5.41) is 24.9. The molecule has 18 heavy (non-hydrogen) atoms. The molecule has 0 spiro atoms. The van der Waals surface area contributed by atoms with Crippen LogP contribution in [0.1, 0.15) is 10.4 Å². The molecule has 0 radical (unpaired) electrons. The Morgan fingerprint density at radius 1 is 1.44 bits per heavy atom. The zero-order valence-electron chi connectivity index (χ0n) is 9.85. The summed E-state index contributed by atoms with van der Waals surface area (Å²) in [4.78, 5) is 11.8. The highest BCUT2D eigenvalue weighted by molar-refractivity contribution is 5.99. The molecule has 1 amide bonds. The molecule has 1 fully saturated rings. The normalized spacial score (nSPS) is 19.4. The van der Waals surface area contributed by atoms with E-state index in [-0.39, 0.29) is 23.1 Å². The second-order valence-corrected chi connectivity index (χ2v) is 4.11. The number of ether oxygens (including phenoxy) is 1. The third kappa shape index (κ3) is 2.91. The highest BCUT2D eigenvalue weighted by Crippen LogP contribution is 2.25. The van der Waals surface area contributed by atoms with E-state index in [0.29, 0.717) is 19.8 Å². The minimum absolute atomic E-state index is 0.0516. The van der Waals surface area contributed by atoms with Gasteiger partial charge in [0.25, 0.3) is 5.91 Å². The minimum Gasteiger partial charge on any atom is -0.507 e. The number of morpholine rings is 1. The van der Waals surface area contributed by atoms with Gasteiger partial charge in [-0.15, -0.1) is 0 Å². The van der Waals surface area contributed by atoms with Crippen LogP contribution in [0.25, 0.3) is 0 Å². The SMILES string of the molecule is O=C(NCC1COCCN1)c1c(O)cccc1O. The van der Waals surface area contributed by atoms with E-state index in [1.165, 1.54) is 18.2 Å². The fourth-order valence-corrected chi connectivity index (χ4v) is 1.82. The number of carbonyl (C=O) groups is 1. The molecule has 1 heterocycles. The predicted octanol–water partition coefficient (Wildman–Crippen LogP) is -0.184. The number of phenolic OH excluding ortho intramolecular Hbond substituents is 2. The summed E-state index contributed by atoms with van der Waals surface area (Å²) in [7, 11) is 0. The van der Waals surface area contributed by atoms with Gasteiger partial charge in [-0.1, -0.05) is 6.07 Å². The largest absolute Gasteiger partial charge is 0.507 e. The van der Waals surface area contributed by atoms with Crippen LogP contribution in [0, 0.1) is 0 Å². The molecule has 6 heteroatoms. The first-order valence-corrected chi connectivity index (χ1v) is 5.78. The molecule has 98 valence electrons. The summed E-state index contributed by atoms with van der Waals surface area (Å²) in [6.45, 7) is 2.34. The molecule has 1 aromatic carbocycles. The molecule has 0 aromatic heterocycles. The van der Waals surface area contributed by atoms with Crippen molar-refractivity contribution in [1.82, 2.24) is 10.6 Å². The van der Waals surface area contributed by atoms with Crippen molar-refractivity contribution in [3.63, 3.8) is 0 Å². The Balaban J connectivity index is 1.95. The molecule has 0 bridgehead atoms. The van der Waals surface area contributed by atoms with E-state index in [1.54, 1.807) is 0 Å². The lowest BCUT2D eigenvalue weighted by molar-refractivity contribution is 0.0733. The van der Waals surface area contributed by atoms with Gasteiger partial charge in [0.1, 0.15) is 17.1 Å². The van der Waals surface area contributed by atoms with Gasteiger partial charge in [-0.3, -0.25) is 4.79 Å². The van der Waals surface area contributed by atoms with Crippen molar-refractivity contribution in [2.75, 3.05) is 26.3 Å². The minimum atomic E-state index is -0.502. The first-order chi connectivity index (χ1) is 8.68. The zero-order chi connectivity index (χ0) is 13.0. The first kappa shape index (κ1) is 12.7. The number of hydrogen-bond acceptors (Lipinski definition) is 5. The quantitative estimate of drug-likeness (QED) is 0.599. The molecule has 0 saturated carbocycles. The van der Waals surface area contributed by atoms with Gasteiger partial charge in [0, 0.05) is 19.1 Å². The van der Waals surface area contributed by atoms with Gasteiger partial charge < -0.3 is 25.6 Å². The van der Waals surface area contributed by atoms with Crippen molar-refractivity contribution in [2.24, 2.45) is 0 Å². The lowest BCUT2D eigenvalue weighted by Crippen LogP contribution is -2.48. The van der Waals surface area contributed by atoms with Gasteiger partial charge in [-0.25, -0.2) is 0 Å². The molecule has 0 aliphatic carbocycles. The molecule has 4 N–H and O–H groups in total. The van der Waals surface area contributed by atoms with E-state index >= 15 is 0 Å². The monoisotopic (exact) mass is 252 g/mol. The second kappa shape index (κ2) is 5.70. The van der Waals surface area contributed by atoms with E-state index in [1.807, 2.05) is 0 Å². The first-order valence-electron chi connectivity index (χ1n) is 5.78. The summed E-state index contributed by atoms with van der Waals surface area (Å²) in [6.07, 6.45) is 0. The van der Waals surface area contributed by atoms with Crippen LogP contribution in [0.4, 0.5) is 0 Å². The van der Waals surface area contributed by atoms with Crippen molar-refractivity contribution in [1.29, 1.82) is 0 Å². The van der Waals surface area contributed by atoms with Gasteiger partial charge in [0.05, 0.1) is 13.2 Å². The number of amides is 1. The highest BCUT2D eigenvalue weighted by atomic mass is 16.5. The number of hydrogen-bond donors (Lipinski definition) is 4. The van der Waals surface area contributed by atoms with Gasteiger partial charge in [0.2, 0.25) is 0 Å². The fourth-order valence-electron chi connectivity index (χ4n) is 1.82. The lowest BCUT2D eigenvalue weighted by Gasteiger charge is -2.24. The third-order valence-electron chi connectivity index (χ3n) is 2.75. The van der Waals surface area contributed by atoms with Crippen LogP contribution in [0.2, 0.25) is 0 Å². The Bertz CT molecular complexity index is 410. The van der Waals surface area contributed by atoms with Crippen LogP contribution in [0.15, 0.2) is 18.2 Å². The van der Waals surface area contributed by atoms with Gasteiger partial charge >= 0.3 is 0 Å². The fraction of sp³-hybridized carbons (Fsp3) is 0.417. The number of aromatic hydroxyl groups is 2. The molecule has 1 aliphatic rings. The molecule has 1 aromatic rings. The van der Waals surface area contributed by atoms with Crippen molar-refractivity contribution >= 4 is 5.91 Å². The van der Waals surface area contributed by atoms with Crippen molar-refractivity contribution < 1.29 is 19.7 Å². The molecular weight excluding hydrogens is 236 g/mol. The van der Waals surface area contributed by atoms with Crippen LogP contribution in [-0.4, -0.2) is 48.5 Å². The van der Waals surface area contributed by atoms with E-state index in [9.17, 15) is 15.0 Å². The molecular formula is C12H16N2O4. The summed E-state index contributed by atoms with van der Waals surface area (Å²) in [5.74, 6) is -0.973. The maximum atomic E-state index is 11.8. The Hall–Kier alpha value is -1.79. The molecule has 1 unspecified atom stereocenters. The number of phenols is 2. The van der Waals surface area contributed by atoms with E-state index in [2.05, 4.69) is 10.6 Å². The standard InChI is InChI=1S/C12H16N2O4/c15-9-2-1-3-10(16)11(9)12(17)14-6-8-7-18-5-4-13-8/h1-3,8,13,15-16H,4-7H2,(H,14,17). The van der Waals surface area contributed by atoms with Crippen LogP contribution in [0.5, 0.6) is 11.5 Å². The molecule has 1 atom stereocenters. The average Bonchev–Trinajstić information content (AvgIpc) is 2.37. The summed E-state index contributed by atoms with van der Waals surface area (Å²) < 4.78 is 5.25. The molecule has 1 aliphatic heterocycles. The number of rotatable bonds is 3. The maximum Gasteiger partial charge on any atom is 0.258 e. The predicted molar refractivity (Wildman–Crippen MR) is 64.7 cm³/mol. The van der Waals surface area contributed by atoms with E-state index < -0.39 is 5.91 Å². The van der Waals surface area contributed by atoms with Gasteiger partial charge in [0.15, 0.2) is 0 Å². The maximum absolute atomic E-state index is 11.8. The number of carbonyl (C=O) groups excluding carboxylic acids is 1. The summed E-state index contributed by atoms with van der Waals surface area (Å²) in [6, 6.07) is 4.24. The number of benzene rings is 1. The van der Waals surface area contributed by atoms with Crippen LogP contribution in [-0.2, 0) is 4.74 Å². The Morgan fingerprint density at radius 3 is 2.78 bits per heavy atom. The zero-order valence-corrected chi connectivity index (χ0v) is 9.85. The van der Waals surface area contributed by atoms with Crippen LogP contribution in [0.3, 0.4) is 0 Å². The Kier molecular flexibility index (Phi) is 4.01. The topological polar surface area (TPSA) is 90.8 Å². The van der Waals surface area contributed by atoms with Crippen molar-refractivity contribution in [3.05, 3.63) is 23.8 Å². The smallest absolute Gasteiger partial charge is 0.258 e. The number of nitrogens with one attached hydrogen (secondary N) is 2. The summed E-state index contributed by atoms with van der Waals surface area (Å²) in [5.41, 5.74) is -0.103. The van der Waals surface area contributed by atoms with E-state index in [4.69, 9.17) is 4.74 Å². The molecule has 2 rings (SSSR count). The van der Waals surface area contributed by atoms with Crippen LogP contribution < -0.4 is 10.6 Å². The second-order valence-electron chi connectivity index (χ2n) is 4.11. The molecule has 6 nitrogen and oxygen atoms in total. The Labute approximate surface area is 105 Å². The van der Waals surface area contributed by atoms with Crippen molar-refractivity contribution in [2.45, 2.75) is 6.04 Å². The van der Waals surface area contributed by atoms with E-state index in [0.717, 1.165) is 6.54 Å². The van der Waals surface area contributed by atoms with Gasteiger partial charge in [-0.05, 0) is 12.1 Å². The van der Waals surface area contributed by atoms with Crippen molar-refractivity contribution in [3.8, 4) is 11.5 Å². The average molecular weight is 252 g/mol. The third-order valence-corrected chi connectivity index (χ3v) is 2.75. The lowest BCUT2D eigenvalue weighted by atomic mass is 10.1. The molecule has 1 saturated heterocycles. The summed E-state index contributed by atoms with van der Waals surface area (Å²) >= 11 is 0. The highest BCUT2D eigenvalue weighted by Gasteiger charge is 2.18. The Morgan fingerprint density at radius 2 is 2.17 bits per heavy atom.